The smallest absolute Gasteiger partial charge is 0.293 e. The number of hydrogen-bond acceptors (Lipinski definition) is 2. The van der Waals surface area contributed by atoms with Gasteiger partial charge in [-0.3, -0.25) is 0 Å². The van der Waals surface area contributed by atoms with E-state index < -0.39 is 6.10 Å². The molecule has 4 nitrogen and oxygen atoms in total. The molecule has 0 amide bonds. The van der Waals surface area contributed by atoms with Crippen LogP contribution in [0, 0.1) is 0 Å². The first-order valence-electron chi connectivity index (χ1n) is 14.6. The van der Waals surface area contributed by atoms with Crippen molar-refractivity contribution in [2.45, 2.75) is 90.5 Å². The van der Waals surface area contributed by atoms with Crippen molar-refractivity contribution in [2.24, 2.45) is 0 Å². The fraction of sp³-hybridized carbons (Fsp3) is 0.441. The number of aliphatic hydroxyl groups is 1. The maximum atomic E-state index is 11.6. The van der Waals surface area contributed by atoms with E-state index in [2.05, 4.69) is 64.6 Å². The van der Waals surface area contributed by atoms with E-state index in [0.717, 1.165) is 35.4 Å². The number of nitrogens with zero attached hydrogens (tertiary/aromatic N) is 2. The number of aliphatic hydroxyl groups excluding tert-OH is 1. The maximum Gasteiger partial charge on any atom is 0.293 e. The predicted molar refractivity (Wildman–Crippen MR) is 156 cm³/mol. The second kappa shape index (κ2) is 15.5. The minimum Gasteiger partial charge on any atom is -0.376 e. The summed E-state index contributed by atoms with van der Waals surface area (Å²) in [5.74, 6) is 0.851. The number of unbranched alkanes of at least 4 members (excludes halogenated alkanes) is 9. The van der Waals surface area contributed by atoms with Gasteiger partial charge in [0.25, 0.3) is 5.82 Å². The van der Waals surface area contributed by atoms with Crippen molar-refractivity contribution in [1.82, 2.24) is 4.57 Å². The quantitative estimate of drug-likeness (QED) is 0.115. The van der Waals surface area contributed by atoms with Gasteiger partial charge in [-0.05, 0) is 29.7 Å². The van der Waals surface area contributed by atoms with E-state index in [1.165, 1.54) is 63.4 Å². The molecule has 0 saturated heterocycles. The van der Waals surface area contributed by atoms with Crippen LogP contribution in [0.5, 0.6) is 0 Å². The lowest BCUT2D eigenvalue weighted by molar-refractivity contribution is -0.674. The summed E-state index contributed by atoms with van der Waals surface area (Å²) in [7, 11) is 0. The Balaban J connectivity index is 1.43. The van der Waals surface area contributed by atoms with Crippen molar-refractivity contribution in [3.05, 3.63) is 102 Å². The van der Waals surface area contributed by atoms with Crippen LogP contribution in [0.1, 0.15) is 94.2 Å². The minimum atomic E-state index is -0.756. The van der Waals surface area contributed by atoms with Gasteiger partial charge in [-0.2, -0.15) is 4.57 Å². The Morgan fingerprint density at radius 2 is 1.29 bits per heavy atom. The Hall–Kier alpha value is -2.95. The maximum absolute atomic E-state index is 11.6. The molecule has 202 valence electrons. The van der Waals surface area contributed by atoms with Crippen molar-refractivity contribution in [3.63, 3.8) is 0 Å². The first-order valence-corrected chi connectivity index (χ1v) is 14.6. The molecule has 0 aliphatic heterocycles. The zero-order valence-corrected chi connectivity index (χ0v) is 23.1. The summed E-state index contributed by atoms with van der Waals surface area (Å²) in [5, 5.41) is 11.6. The highest BCUT2D eigenvalue weighted by atomic mass is 16.5. The van der Waals surface area contributed by atoms with E-state index >= 15 is 0 Å². The molecule has 0 aliphatic rings. The minimum absolute atomic E-state index is 0.430. The van der Waals surface area contributed by atoms with E-state index in [1.54, 1.807) is 0 Å². The van der Waals surface area contributed by atoms with Crippen LogP contribution in [-0.2, 0) is 18.0 Å². The molecule has 4 aromatic rings. The fourth-order valence-electron chi connectivity index (χ4n) is 5.31. The Labute approximate surface area is 228 Å². The van der Waals surface area contributed by atoms with Gasteiger partial charge >= 0.3 is 0 Å². The molecule has 38 heavy (non-hydrogen) atoms. The molecular formula is C34H45N2O2+. The van der Waals surface area contributed by atoms with Crippen LogP contribution in [0.2, 0.25) is 0 Å². The van der Waals surface area contributed by atoms with Crippen LogP contribution < -0.4 is 4.57 Å². The fourth-order valence-corrected chi connectivity index (χ4v) is 5.31. The normalized spacial score (nSPS) is 12.3. The van der Waals surface area contributed by atoms with Gasteiger partial charge in [-0.15, -0.1) is 0 Å². The number of fused-ring (bicyclic) bond motifs is 1. The molecule has 0 radical (unpaired) electrons. The second-order valence-electron chi connectivity index (χ2n) is 10.4. The predicted octanol–water partition coefficient (Wildman–Crippen LogP) is 7.95. The lowest BCUT2D eigenvalue weighted by Gasteiger charge is -2.12. The van der Waals surface area contributed by atoms with Gasteiger partial charge < -0.3 is 9.84 Å². The summed E-state index contributed by atoms with van der Waals surface area (Å²) < 4.78 is 10.6. The lowest BCUT2D eigenvalue weighted by Crippen LogP contribution is -2.40. The zero-order valence-electron chi connectivity index (χ0n) is 23.1. The molecular weight excluding hydrogens is 468 g/mol. The van der Waals surface area contributed by atoms with Crippen LogP contribution in [0.3, 0.4) is 0 Å². The number of para-hydroxylation sites is 2. The molecule has 1 N–H and O–H groups in total. The van der Waals surface area contributed by atoms with Crippen molar-refractivity contribution >= 4 is 11.0 Å². The third kappa shape index (κ3) is 7.78. The average Bonchev–Trinajstić information content (AvgIpc) is 3.27. The molecule has 1 heterocycles. The van der Waals surface area contributed by atoms with Gasteiger partial charge in [0.2, 0.25) is 0 Å². The topological polar surface area (TPSA) is 38.3 Å². The zero-order chi connectivity index (χ0) is 26.4. The van der Waals surface area contributed by atoms with Gasteiger partial charge in [0.15, 0.2) is 23.9 Å². The first-order chi connectivity index (χ1) is 18.8. The summed E-state index contributed by atoms with van der Waals surface area (Å²) in [6.07, 6.45) is 12.4. The van der Waals surface area contributed by atoms with Crippen LogP contribution >= 0.6 is 0 Å². The van der Waals surface area contributed by atoms with Gasteiger partial charge in [0, 0.05) is 0 Å². The highest BCUT2D eigenvalue weighted by Crippen LogP contribution is 2.25. The molecule has 0 fully saturated rings. The third-order valence-electron chi connectivity index (χ3n) is 7.42. The average molecular weight is 514 g/mol. The number of imidazole rings is 1. The molecule has 1 aromatic heterocycles. The highest BCUT2D eigenvalue weighted by molar-refractivity contribution is 5.72. The molecule has 4 heteroatoms. The highest BCUT2D eigenvalue weighted by Gasteiger charge is 2.31. The summed E-state index contributed by atoms with van der Waals surface area (Å²) in [5.41, 5.74) is 4.27. The second-order valence-corrected chi connectivity index (χ2v) is 10.4. The van der Waals surface area contributed by atoms with E-state index in [1.807, 2.05) is 36.4 Å². The van der Waals surface area contributed by atoms with Crippen LogP contribution in [0.25, 0.3) is 11.0 Å². The number of ether oxygens (including phenoxy) is 1. The van der Waals surface area contributed by atoms with Crippen molar-refractivity contribution < 1.29 is 14.4 Å². The standard InChI is InChI=1S/C34H45N2O2/c1-2-3-4-5-6-7-8-9-10-19-26-38-28-36-32-25-18-17-24-31(32)35(27-29-20-13-11-14-21-29)34(36)33(37)30-22-15-12-16-23-30/h11-18,20-25,33,37H,2-10,19,26-28H2,1H3/q+1. The first kappa shape index (κ1) is 28.1. The van der Waals surface area contributed by atoms with Gasteiger partial charge in [0.1, 0.15) is 6.54 Å². The Morgan fingerprint density at radius 1 is 0.711 bits per heavy atom. The van der Waals surface area contributed by atoms with Crippen LogP contribution in [0.15, 0.2) is 84.9 Å². The van der Waals surface area contributed by atoms with Gasteiger partial charge in [0.05, 0.1) is 6.61 Å². The van der Waals surface area contributed by atoms with Crippen molar-refractivity contribution in [3.8, 4) is 0 Å². The van der Waals surface area contributed by atoms with E-state index in [-0.39, 0.29) is 0 Å². The number of rotatable bonds is 17. The summed E-state index contributed by atoms with van der Waals surface area (Å²) >= 11 is 0. The van der Waals surface area contributed by atoms with Gasteiger partial charge in [-0.25, -0.2) is 4.57 Å². The van der Waals surface area contributed by atoms with Gasteiger partial charge in [-0.1, -0.05) is 138 Å². The molecule has 1 atom stereocenters. The summed E-state index contributed by atoms with van der Waals surface area (Å²) in [6, 6.07) is 28.8. The van der Waals surface area contributed by atoms with Crippen molar-refractivity contribution in [1.29, 1.82) is 0 Å². The molecule has 0 bridgehead atoms. The Bertz CT molecular complexity index is 1200. The van der Waals surface area contributed by atoms with Crippen LogP contribution in [-0.4, -0.2) is 16.3 Å². The molecule has 0 spiro atoms. The molecule has 3 aromatic carbocycles. The molecule has 0 aliphatic carbocycles. The number of aromatic nitrogens is 2. The number of benzene rings is 3. The van der Waals surface area contributed by atoms with E-state index in [9.17, 15) is 5.11 Å². The number of hydrogen-bond donors (Lipinski definition) is 1. The van der Waals surface area contributed by atoms with E-state index in [4.69, 9.17) is 4.74 Å². The van der Waals surface area contributed by atoms with Crippen molar-refractivity contribution in [2.75, 3.05) is 6.61 Å². The SMILES string of the molecule is CCCCCCCCCCCCOCn1c(C(O)c2ccccc2)[n+](Cc2ccccc2)c2ccccc21. The van der Waals surface area contributed by atoms with E-state index in [0.29, 0.717) is 13.3 Å². The Kier molecular flexibility index (Phi) is 11.4. The largest absolute Gasteiger partial charge is 0.376 e. The summed E-state index contributed by atoms with van der Waals surface area (Å²) in [4.78, 5) is 0. The third-order valence-corrected chi connectivity index (χ3v) is 7.42. The summed E-state index contributed by atoms with van der Waals surface area (Å²) in [6.45, 7) is 4.13. The monoisotopic (exact) mass is 513 g/mol. The molecule has 1 unspecified atom stereocenters. The van der Waals surface area contributed by atoms with Crippen LogP contribution in [0.4, 0.5) is 0 Å². The lowest BCUT2D eigenvalue weighted by atomic mass is 10.1. The Morgan fingerprint density at radius 3 is 1.97 bits per heavy atom. The molecule has 4 rings (SSSR count). The molecule has 0 saturated carbocycles.